The van der Waals surface area contributed by atoms with E-state index in [1.54, 1.807) is 0 Å². The molecule has 0 amide bonds. The average Bonchev–Trinajstić information content (AvgIpc) is 1.99. The molecule has 58 valence electrons. The molecule has 0 aliphatic rings. The van der Waals surface area contributed by atoms with Gasteiger partial charge < -0.3 is 0 Å². The van der Waals surface area contributed by atoms with E-state index >= 15 is 0 Å². The molecule has 0 aromatic rings. The van der Waals surface area contributed by atoms with Gasteiger partial charge >= 0.3 is 0 Å². The van der Waals surface area contributed by atoms with Gasteiger partial charge in [-0.2, -0.15) is 0 Å². The summed E-state index contributed by atoms with van der Waals surface area (Å²) >= 11 is 10.8. The van der Waals surface area contributed by atoms with Crippen LogP contribution in [-0.4, -0.2) is 15.7 Å². The van der Waals surface area contributed by atoms with Gasteiger partial charge in [-0.25, -0.2) is 5.84 Å². The van der Waals surface area contributed by atoms with Crippen LogP contribution in [0.15, 0.2) is 0 Å². The second-order valence-corrected chi connectivity index (χ2v) is 3.11. The molecular formula is C3H8N4S3. The molecule has 0 unspecified atom stereocenters. The normalized spacial score (nSPS) is 8.20. The molecule has 7 heteroatoms. The van der Waals surface area contributed by atoms with Crippen molar-refractivity contribution in [1.82, 2.24) is 16.3 Å². The number of hydrazine groups is 2. The highest BCUT2D eigenvalue weighted by Gasteiger charge is 1.91. The van der Waals surface area contributed by atoms with Crippen LogP contribution in [0.2, 0.25) is 0 Å². The molecule has 10 heavy (non-hydrogen) atoms. The minimum absolute atomic E-state index is 0.302. The zero-order valence-electron chi connectivity index (χ0n) is 5.30. The summed E-state index contributed by atoms with van der Waals surface area (Å²) in [4.78, 5) is 0. The Labute approximate surface area is 74.2 Å². The fourth-order valence-electron chi connectivity index (χ4n) is 0.195. The van der Waals surface area contributed by atoms with Gasteiger partial charge in [-0.05, 0) is 18.5 Å². The van der Waals surface area contributed by atoms with E-state index < -0.39 is 0 Å². The highest BCUT2D eigenvalue weighted by Crippen LogP contribution is 1.90. The van der Waals surface area contributed by atoms with Crippen molar-refractivity contribution >= 4 is 45.6 Å². The molecule has 4 nitrogen and oxygen atoms in total. The summed E-state index contributed by atoms with van der Waals surface area (Å²) < 4.78 is 0.609. The molecule has 0 saturated heterocycles. The molecule has 5 N–H and O–H groups in total. The summed E-state index contributed by atoms with van der Waals surface area (Å²) in [6.45, 7) is 0. The van der Waals surface area contributed by atoms with Crippen LogP contribution in [0.1, 0.15) is 0 Å². The van der Waals surface area contributed by atoms with Crippen LogP contribution >= 0.6 is 36.2 Å². The Bertz CT molecular complexity index is 120. The molecule has 0 rings (SSSR count). The van der Waals surface area contributed by atoms with Gasteiger partial charge in [-0.1, -0.05) is 24.0 Å². The molecule has 0 bridgehead atoms. The fraction of sp³-hybridized carbons (Fsp3) is 0.333. The van der Waals surface area contributed by atoms with Crippen molar-refractivity contribution in [1.29, 1.82) is 0 Å². The van der Waals surface area contributed by atoms with Crippen molar-refractivity contribution in [3.8, 4) is 0 Å². The summed E-state index contributed by atoms with van der Waals surface area (Å²) in [5.74, 6) is 4.96. The van der Waals surface area contributed by atoms with Crippen molar-refractivity contribution in [2.75, 3.05) is 6.26 Å². The SMILES string of the molecule is CSC(=S)NNC(=S)NN. The Morgan fingerprint density at radius 1 is 1.40 bits per heavy atom. The van der Waals surface area contributed by atoms with E-state index in [2.05, 4.69) is 28.5 Å². The Morgan fingerprint density at radius 2 is 2.00 bits per heavy atom. The van der Waals surface area contributed by atoms with Crippen LogP contribution in [0, 0.1) is 0 Å². The van der Waals surface area contributed by atoms with Gasteiger partial charge in [-0.15, -0.1) is 0 Å². The molecule has 0 fully saturated rings. The number of hydrogen-bond donors (Lipinski definition) is 4. The Kier molecular flexibility index (Phi) is 5.60. The quantitative estimate of drug-likeness (QED) is 0.236. The van der Waals surface area contributed by atoms with E-state index in [0.717, 1.165) is 0 Å². The molecule has 0 heterocycles. The van der Waals surface area contributed by atoms with E-state index in [1.807, 2.05) is 6.26 Å². The van der Waals surface area contributed by atoms with Gasteiger partial charge in [0.25, 0.3) is 0 Å². The van der Waals surface area contributed by atoms with Gasteiger partial charge in [0, 0.05) is 0 Å². The molecule has 0 atom stereocenters. The minimum Gasteiger partial charge on any atom is -0.300 e. The lowest BCUT2D eigenvalue weighted by Crippen LogP contribution is -2.47. The number of hydrogen-bond acceptors (Lipinski definition) is 4. The summed E-state index contributed by atoms with van der Waals surface area (Å²) in [6, 6.07) is 0. The largest absolute Gasteiger partial charge is 0.300 e. The first kappa shape index (κ1) is 9.89. The standard InChI is InChI=1S/C3H8N4S3/c1-10-3(9)7-6-2(8)5-4/h4H2,1H3,(H,7,9)(H2,5,6,8). The topological polar surface area (TPSA) is 62.1 Å². The zero-order valence-corrected chi connectivity index (χ0v) is 7.75. The van der Waals surface area contributed by atoms with Crippen molar-refractivity contribution in [3.63, 3.8) is 0 Å². The summed E-state index contributed by atoms with van der Waals surface area (Å²) in [7, 11) is 0. The van der Waals surface area contributed by atoms with E-state index in [9.17, 15) is 0 Å². The van der Waals surface area contributed by atoms with Gasteiger partial charge in [0.2, 0.25) is 0 Å². The number of nitrogens with one attached hydrogen (secondary N) is 3. The first-order chi connectivity index (χ1) is 4.70. The van der Waals surface area contributed by atoms with Crippen LogP contribution in [0.5, 0.6) is 0 Å². The van der Waals surface area contributed by atoms with E-state index in [4.69, 9.17) is 18.1 Å². The van der Waals surface area contributed by atoms with Crippen LogP contribution in [0.4, 0.5) is 0 Å². The number of nitrogens with two attached hydrogens (primary N) is 1. The predicted molar refractivity (Wildman–Crippen MR) is 52.3 cm³/mol. The molecule has 0 aromatic carbocycles. The summed E-state index contributed by atoms with van der Waals surface area (Å²) in [5, 5.41) is 0.302. The lowest BCUT2D eigenvalue weighted by atomic mass is 11.1. The smallest absolute Gasteiger partial charge is 0.199 e. The minimum atomic E-state index is 0.302. The summed E-state index contributed by atoms with van der Waals surface area (Å²) in [6.07, 6.45) is 1.86. The lowest BCUT2D eigenvalue weighted by Gasteiger charge is -2.07. The lowest BCUT2D eigenvalue weighted by molar-refractivity contribution is 0.843. The molecule has 0 aliphatic heterocycles. The average molecular weight is 196 g/mol. The van der Waals surface area contributed by atoms with Gasteiger partial charge in [-0.3, -0.25) is 16.3 Å². The van der Waals surface area contributed by atoms with Crippen molar-refractivity contribution in [2.24, 2.45) is 5.84 Å². The molecule has 0 aromatic heterocycles. The molecule has 0 saturated carbocycles. The van der Waals surface area contributed by atoms with Crippen molar-refractivity contribution < 1.29 is 0 Å². The molecular weight excluding hydrogens is 188 g/mol. The number of rotatable bonds is 0. The third-order valence-electron chi connectivity index (χ3n) is 0.595. The van der Waals surface area contributed by atoms with E-state index in [1.165, 1.54) is 11.8 Å². The van der Waals surface area contributed by atoms with E-state index in [0.29, 0.717) is 9.43 Å². The van der Waals surface area contributed by atoms with Gasteiger partial charge in [0.15, 0.2) is 9.43 Å². The maximum Gasteiger partial charge on any atom is 0.199 e. The first-order valence-corrected chi connectivity index (χ1v) is 4.35. The summed E-state index contributed by atoms with van der Waals surface area (Å²) in [5.41, 5.74) is 7.44. The monoisotopic (exact) mass is 196 g/mol. The third-order valence-corrected chi connectivity index (χ3v) is 1.89. The van der Waals surface area contributed by atoms with Crippen LogP contribution in [0.25, 0.3) is 0 Å². The first-order valence-electron chi connectivity index (χ1n) is 2.31. The fourth-order valence-corrected chi connectivity index (χ4v) is 0.450. The predicted octanol–water partition coefficient (Wildman–Crippen LogP) is -0.523. The number of thiocarbonyl (C=S) groups is 2. The Hall–Kier alpha value is -0.110. The molecule has 0 radical (unpaired) electrons. The highest BCUT2D eigenvalue weighted by atomic mass is 32.2. The van der Waals surface area contributed by atoms with Crippen LogP contribution in [-0.2, 0) is 0 Å². The van der Waals surface area contributed by atoms with Gasteiger partial charge in [0.1, 0.15) is 0 Å². The molecule has 0 aliphatic carbocycles. The van der Waals surface area contributed by atoms with Crippen LogP contribution in [0.3, 0.4) is 0 Å². The third kappa shape index (κ3) is 4.74. The second-order valence-electron chi connectivity index (χ2n) is 1.22. The molecule has 0 spiro atoms. The Balaban J connectivity index is 3.35. The second kappa shape index (κ2) is 5.66. The maximum absolute atomic E-state index is 4.96. The van der Waals surface area contributed by atoms with Crippen molar-refractivity contribution in [3.05, 3.63) is 0 Å². The highest BCUT2D eigenvalue weighted by molar-refractivity contribution is 8.22. The van der Waals surface area contributed by atoms with Crippen molar-refractivity contribution in [2.45, 2.75) is 0 Å². The maximum atomic E-state index is 4.96. The zero-order chi connectivity index (χ0) is 7.98. The van der Waals surface area contributed by atoms with E-state index in [-0.39, 0.29) is 0 Å². The van der Waals surface area contributed by atoms with Crippen LogP contribution < -0.4 is 22.1 Å². The van der Waals surface area contributed by atoms with Gasteiger partial charge in [0.05, 0.1) is 0 Å². The Morgan fingerprint density at radius 3 is 2.40 bits per heavy atom. The number of thioether (sulfide) groups is 1.